The van der Waals surface area contributed by atoms with Crippen LogP contribution >= 0.6 is 11.8 Å². The largest absolute Gasteiger partial charge is 0.294 e. The lowest BCUT2D eigenvalue weighted by Gasteiger charge is -2.36. The van der Waals surface area contributed by atoms with E-state index in [2.05, 4.69) is 10.5 Å². The third kappa shape index (κ3) is 2.24. The van der Waals surface area contributed by atoms with Gasteiger partial charge < -0.3 is 0 Å². The second-order valence-corrected chi connectivity index (χ2v) is 7.16. The zero-order chi connectivity index (χ0) is 15.9. The Hall–Kier alpha value is -2.06. The minimum Gasteiger partial charge on any atom is -0.294 e. The number of aromatic nitrogens is 2. The molecule has 22 heavy (non-hydrogen) atoms. The number of nitriles is 1. The molecule has 0 spiro atoms. The highest BCUT2D eigenvalue weighted by Crippen LogP contribution is 2.51. The molecular formula is C17H17N3OS. The van der Waals surface area contributed by atoms with E-state index in [0.717, 1.165) is 17.1 Å². The molecule has 1 aromatic heterocycles. The molecule has 0 bridgehead atoms. The van der Waals surface area contributed by atoms with Crippen molar-refractivity contribution < 1.29 is 4.79 Å². The van der Waals surface area contributed by atoms with Crippen LogP contribution in [0.3, 0.4) is 0 Å². The lowest BCUT2D eigenvalue weighted by atomic mass is 9.75. The van der Waals surface area contributed by atoms with Crippen molar-refractivity contribution in [3.8, 4) is 11.1 Å². The summed E-state index contributed by atoms with van der Waals surface area (Å²) in [6, 6.07) is 9.77. The van der Waals surface area contributed by atoms with Gasteiger partial charge in [-0.15, -0.1) is 0 Å². The van der Waals surface area contributed by atoms with Crippen LogP contribution in [0.25, 0.3) is 5.69 Å². The number of aryl methyl sites for hydroxylation is 1. The number of carbonyl (C=O) groups excluding carboxylic acids is 1. The molecule has 1 heterocycles. The van der Waals surface area contributed by atoms with Crippen LogP contribution in [-0.2, 0) is 0 Å². The quantitative estimate of drug-likeness (QED) is 0.785. The van der Waals surface area contributed by atoms with Crippen LogP contribution in [0.2, 0.25) is 0 Å². The zero-order valence-corrected chi connectivity index (χ0v) is 13.6. The van der Waals surface area contributed by atoms with Gasteiger partial charge in [-0.3, -0.25) is 4.79 Å². The summed E-state index contributed by atoms with van der Waals surface area (Å²) in [5.41, 5.74) is 2.93. The van der Waals surface area contributed by atoms with E-state index < -0.39 is 0 Å². The number of hydrogen-bond acceptors (Lipinski definition) is 4. The molecule has 1 aliphatic rings. The van der Waals surface area contributed by atoms with E-state index in [1.165, 1.54) is 11.8 Å². The molecule has 112 valence electrons. The van der Waals surface area contributed by atoms with Crippen LogP contribution in [0.4, 0.5) is 0 Å². The molecule has 0 N–H and O–H groups in total. The fourth-order valence-electron chi connectivity index (χ4n) is 3.13. The van der Waals surface area contributed by atoms with Crippen molar-refractivity contribution in [2.24, 2.45) is 5.41 Å². The lowest BCUT2D eigenvalue weighted by molar-refractivity contribution is 0.0908. The number of benzene rings is 1. The van der Waals surface area contributed by atoms with E-state index in [1.807, 2.05) is 55.8 Å². The van der Waals surface area contributed by atoms with E-state index in [1.54, 1.807) is 0 Å². The highest BCUT2D eigenvalue weighted by Gasteiger charge is 2.44. The van der Waals surface area contributed by atoms with Gasteiger partial charge in [-0.1, -0.05) is 32.0 Å². The minimum absolute atomic E-state index is 0.0772. The maximum absolute atomic E-state index is 12.6. The molecule has 1 aliphatic carbocycles. The average Bonchev–Trinajstić information content (AvgIpc) is 2.81. The third-order valence-electron chi connectivity index (χ3n) is 4.12. The normalized spacial score (nSPS) is 19.5. The zero-order valence-electron chi connectivity index (χ0n) is 12.8. The molecule has 0 fully saturated rings. The van der Waals surface area contributed by atoms with Crippen LogP contribution < -0.4 is 0 Å². The molecule has 1 atom stereocenters. The maximum atomic E-state index is 12.6. The van der Waals surface area contributed by atoms with Crippen molar-refractivity contribution in [2.45, 2.75) is 32.4 Å². The summed E-state index contributed by atoms with van der Waals surface area (Å²) in [6.07, 6.45) is 0.445. The number of para-hydroxylation sites is 1. The van der Waals surface area contributed by atoms with Gasteiger partial charge in [0.15, 0.2) is 5.78 Å². The Balaban J connectivity index is 2.27. The van der Waals surface area contributed by atoms with Gasteiger partial charge in [-0.25, -0.2) is 4.68 Å². The molecule has 3 rings (SSSR count). The van der Waals surface area contributed by atoms with Crippen LogP contribution in [0.5, 0.6) is 0 Å². The second-order valence-electron chi connectivity index (χ2n) is 6.27. The number of thiocyanates is 1. The molecule has 0 saturated heterocycles. The number of hydrogen-bond donors (Lipinski definition) is 0. The van der Waals surface area contributed by atoms with E-state index in [-0.39, 0.29) is 16.4 Å². The number of nitrogens with zero attached hydrogens (tertiary/aromatic N) is 3. The number of fused-ring (bicyclic) bond motifs is 1. The van der Waals surface area contributed by atoms with Crippen molar-refractivity contribution in [2.75, 3.05) is 0 Å². The smallest absolute Gasteiger partial charge is 0.167 e. The number of Topliss-reactive ketones (excluding diaryl/α,β-unsaturated/α-hetero) is 1. The Bertz CT molecular complexity index is 771. The summed E-state index contributed by atoms with van der Waals surface area (Å²) >= 11 is 1.22. The Morgan fingerprint density at radius 1 is 1.36 bits per heavy atom. The summed E-state index contributed by atoms with van der Waals surface area (Å²) in [4.78, 5) is 12.6. The first-order valence-corrected chi connectivity index (χ1v) is 8.06. The lowest BCUT2D eigenvalue weighted by Crippen LogP contribution is -2.31. The number of carbonyl (C=O) groups is 1. The van der Waals surface area contributed by atoms with Crippen molar-refractivity contribution in [3.63, 3.8) is 0 Å². The van der Waals surface area contributed by atoms with Gasteiger partial charge in [0.25, 0.3) is 0 Å². The topological polar surface area (TPSA) is 58.7 Å². The Morgan fingerprint density at radius 3 is 2.68 bits per heavy atom. The van der Waals surface area contributed by atoms with Gasteiger partial charge in [-0.2, -0.15) is 10.4 Å². The molecule has 0 saturated carbocycles. The SMILES string of the molecule is Cc1nn(-c2ccccc2)c2c1C(=O)CC(C)(C)C2SC#N. The van der Waals surface area contributed by atoms with E-state index in [9.17, 15) is 10.1 Å². The predicted octanol–water partition coefficient (Wildman–Crippen LogP) is 4.05. The molecule has 5 heteroatoms. The van der Waals surface area contributed by atoms with Crippen molar-refractivity contribution in [1.29, 1.82) is 5.26 Å². The van der Waals surface area contributed by atoms with Crippen LogP contribution in [0, 0.1) is 23.0 Å². The van der Waals surface area contributed by atoms with E-state index >= 15 is 0 Å². The molecule has 0 radical (unpaired) electrons. The Morgan fingerprint density at radius 2 is 2.05 bits per heavy atom. The summed E-state index contributed by atoms with van der Waals surface area (Å²) in [5, 5.41) is 15.9. The number of thioether (sulfide) groups is 1. The standard InChI is InChI=1S/C17H17N3OS/c1-11-14-13(21)9-17(2,3)16(22-10-18)15(14)20(19-11)12-7-5-4-6-8-12/h4-8,16H,9H2,1-3H3. The van der Waals surface area contributed by atoms with Gasteiger partial charge in [0, 0.05) is 6.42 Å². The second kappa shape index (κ2) is 5.29. The Kier molecular flexibility index (Phi) is 3.57. The first kappa shape index (κ1) is 14.9. The summed E-state index contributed by atoms with van der Waals surface area (Å²) in [5.74, 6) is 0.120. The molecule has 4 nitrogen and oxygen atoms in total. The van der Waals surface area contributed by atoms with Gasteiger partial charge in [0.2, 0.25) is 0 Å². The highest BCUT2D eigenvalue weighted by atomic mass is 32.2. The average molecular weight is 311 g/mol. The predicted molar refractivity (Wildman–Crippen MR) is 87.0 cm³/mol. The highest BCUT2D eigenvalue weighted by molar-refractivity contribution is 8.04. The van der Waals surface area contributed by atoms with Crippen molar-refractivity contribution in [1.82, 2.24) is 9.78 Å². The van der Waals surface area contributed by atoms with E-state index in [0.29, 0.717) is 12.0 Å². The van der Waals surface area contributed by atoms with Crippen LogP contribution in [-0.4, -0.2) is 15.6 Å². The minimum atomic E-state index is -0.274. The molecular weight excluding hydrogens is 294 g/mol. The summed E-state index contributed by atoms with van der Waals surface area (Å²) in [7, 11) is 0. The molecule has 2 aromatic rings. The van der Waals surface area contributed by atoms with Gasteiger partial charge in [-0.05, 0) is 36.2 Å². The van der Waals surface area contributed by atoms with Crippen LogP contribution in [0.1, 0.15) is 47.3 Å². The molecule has 1 aromatic carbocycles. The van der Waals surface area contributed by atoms with E-state index in [4.69, 9.17) is 0 Å². The van der Waals surface area contributed by atoms with Gasteiger partial charge >= 0.3 is 0 Å². The molecule has 0 amide bonds. The van der Waals surface area contributed by atoms with Crippen molar-refractivity contribution >= 4 is 17.5 Å². The molecule has 1 unspecified atom stereocenters. The van der Waals surface area contributed by atoms with Crippen molar-refractivity contribution in [3.05, 3.63) is 47.3 Å². The first-order valence-electron chi connectivity index (χ1n) is 7.18. The first-order chi connectivity index (χ1) is 10.5. The third-order valence-corrected chi connectivity index (χ3v) is 5.32. The molecule has 0 aliphatic heterocycles. The summed E-state index contributed by atoms with van der Waals surface area (Å²) in [6.45, 7) is 5.95. The number of rotatable bonds is 2. The van der Waals surface area contributed by atoms with Gasteiger partial charge in [0.1, 0.15) is 5.40 Å². The summed E-state index contributed by atoms with van der Waals surface area (Å²) < 4.78 is 1.83. The Labute approximate surface area is 134 Å². The fraction of sp³-hybridized carbons (Fsp3) is 0.353. The van der Waals surface area contributed by atoms with Crippen LogP contribution in [0.15, 0.2) is 30.3 Å². The monoisotopic (exact) mass is 311 g/mol. The number of ketones is 1. The van der Waals surface area contributed by atoms with Gasteiger partial charge in [0.05, 0.1) is 27.9 Å². The fourth-order valence-corrected chi connectivity index (χ4v) is 3.97. The maximum Gasteiger partial charge on any atom is 0.167 e.